The smallest absolute Gasteiger partial charge is 0.307 e. The fourth-order valence-electron chi connectivity index (χ4n) is 3.35. The number of aliphatic carboxylic acids is 2. The molecule has 0 bridgehead atoms. The topological polar surface area (TPSA) is 100 Å². The van der Waals surface area contributed by atoms with Crippen molar-refractivity contribution in [3.63, 3.8) is 0 Å². The molecule has 174 valence electrons. The lowest BCUT2D eigenvalue weighted by Gasteiger charge is -2.01. The van der Waals surface area contributed by atoms with Crippen LogP contribution >= 0.6 is 0 Å². The Morgan fingerprint density at radius 3 is 1.28 bits per heavy atom. The molecule has 2 aromatic heterocycles. The molecule has 0 spiro atoms. The SMILES string of the molecule is O=C(O)Cc1ccc(C#Cc2ccnc(-c3cc(C#Cc4ccc(CC(=O)O)cc4)ccn3)c2)cc1. The summed E-state index contributed by atoms with van der Waals surface area (Å²) in [6.07, 6.45) is 3.32. The number of aromatic nitrogens is 2. The van der Waals surface area contributed by atoms with E-state index in [1.54, 1.807) is 60.9 Å². The van der Waals surface area contributed by atoms with Crippen molar-refractivity contribution in [2.45, 2.75) is 12.8 Å². The first-order valence-electron chi connectivity index (χ1n) is 11.0. The second kappa shape index (κ2) is 11.3. The minimum Gasteiger partial charge on any atom is -0.481 e. The first-order chi connectivity index (χ1) is 17.4. The van der Waals surface area contributed by atoms with Gasteiger partial charge in [0.25, 0.3) is 0 Å². The summed E-state index contributed by atoms with van der Waals surface area (Å²) >= 11 is 0. The zero-order valence-corrected chi connectivity index (χ0v) is 19.1. The summed E-state index contributed by atoms with van der Waals surface area (Å²) in [7, 11) is 0. The lowest BCUT2D eigenvalue weighted by molar-refractivity contribution is -0.137. The van der Waals surface area contributed by atoms with Crippen molar-refractivity contribution >= 4 is 11.9 Å². The molecular formula is C30H20N2O4. The molecule has 2 heterocycles. The zero-order valence-electron chi connectivity index (χ0n) is 19.1. The van der Waals surface area contributed by atoms with E-state index in [4.69, 9.17) is 10.2 Å². The Balaban J connectivity index is 1.49. The Labute approximate surface area is 208 Å². The van der Waals surface area contributed by atoms with Gasteiger partial charge in [0.1, 0.15) is 0 Å². The number of pyridine rings is 2. The second-order valence-electron chi connectivity index (χ2n) is 7.89. The van der Waals surface area contributed by atoms with E-state index in [9.17, 15) is 9.59 Å². The summed E-state index contributed by atoms with van der Waals surface area (Å²) in [4.78, 5) is 30.5. The molecular weight excluding hydrogens is 452 g/mol. The normalized spacial score (nSPS) is 9.89. The van der Waals surface area contributed by atoms with Gasteiger partial charge in [-0.2, -0.15) is 0 Å². The standard InChI is InChI=1S/C30H20N2O4/c33-29(34)19-23-7-1-21(2-8-23)5-11-25-13-15-31-27(17-25)28-18-26(14-16-32-28)12-6-22-3-9-24(10-4-22)20-30(35)36/h1-4,7-10,13-18H,19-20H2,(H,33,34)(H,35,36). The molecule has 0 aliphatic heterocycles. The van der Waals surface area contributed by atoms with E-state index >= 15 is 0 Å². The van der Waals surface area contributed by atoms with E-state index in [1.807, 2.05) is 24.3 Å². The highest BCUT2D eigenvalue weighted by molar-refractivity contribution is 5.70. The van der Waals surface area contributed by atoms with Crippen molar-refractivity contribution in [1.29, 1.82) is 0 Å². The number of hydrogen-bond acceptors (Lipinski definition) is 4. The summed E-state index contributed by atoms with van der Waals surface area (Å²) in [6.45, 7) is 0. The van der Waals surface area contributed by atoms with Crippen molar-refractivity contribution in [3.8, 4) is 35.1 Å². The fraction of sp³-hybridized carbons (Fsp3) is 0.0667. The Kier molecular flexibility index (Phi) is 7.51. The molecule has 2 aromatic carbocycles. The molecule has 0 amide bonds. The molecule has 6 nitrogen and oxygen atoms in total. The van der Waals surface area contributed by atoms with E-state index < -0.39 is 11.9 Å². The maximum Gasteiger partial charge on any atom is 0.307 e. The monoisotopic (exact) mass is 472 g/mol. The van der Waals surface area contributed by atoms with E-state index in [0.717, 1.165) is 33.4 Å². The minimum atomic E-state index is -0.867. The van der Waals surface area contributed by atoms with Crippen molar-refractivity contribution in [3.05, 3.63) is 119 Å². The molecule has 2 N–H and O–H groups in total. The first-order valence-corrected chi connectivity index (χ1v) is 11.0. The molecule has 0 atom stereocenters. The van der Waals surface area contributed by atoms with Crippen LogP contribution in [0.15, 0.2) is 85.2 Å². The average molecular weight is 473 g/mol. The summed E-state index contributed by atoms with van der Waals surface area (Å²) in [5, 5.41) is 17.8. The summed E-state index contributed by atoms with van der Waals surface area (Å²) in [6, 6.07) is 21.6. The Bertz CT molecular complexity index is 1420. The lowest BCUT2D eigenvalue weighted by Crippen LogP contribution is -1.99. The average Bonchev–Trinajstić information content (AvgIpc) is 2.88. The Hall–Kier alpha value is -5.20. The van der Waals surface area contributed by atoms with Crippen LogP contribution in [0.25, 0.3) is 11.4 Å². The van der Waals surface area contributed by atoms with Crippen molar-refractivity contribution in [2.75, 3.05) is 0 Å². The minimum absolute atomic E-state index is 0.0169. The van der Waals surface area contributed by atoms with E-state index in [-0.39, 0.29) is 12.8 Å². The van der Waals surface area contributed by atoms with Gasteiger partial charge >= 0.3 is 11.9 Å². The number of rotatable bonds is 5. The third kappa shape index (κ3) is 6.90. The molecule has 6 heteroatoms. The van der Waals surface area contributed by atoms with Crippen molar-refractivity contribution < 1.29 is 19.8 Å². The molecule has 0 aliphatic carbocycles. The third-order valence-electron chi connectivity index (χ3n) is 5.10. The highest BCUT2D eigenvalue weighted by atomic mass is 16.4. The van der Waals surface area contributed by atoms with Crippen LogP contribution in [0, 0.1) is 23.7 Å². The fourth-order valence-corrected chi connectivity index (χ4v) is 3.35. The van der Waals surface area contributed by atoms with E-state index in [2.05, 4.69) is 33.6 Å². The van der Waals surface area contributed by atoms with E-state index in [1.165, 1.54) is 0 Å². The molecule has 0 saturated heterocycles. The number of hydrogen-bond donors (Lipinski definition) is 2. The van der Waals surface area contributed by atoms with Crippen LogP contribution in [-0.2, 0) is 22.4 Å². The number of nitrogens with zero attached hydrogens (tertiary/aromatic N) is 2. The highest BCUT2D eigenvalue weighted by Crippen LogP contribution is 2.16. The van der Waals surface area contributed by atoms with Gasteiger partial charge in [-0.05, 0) is 59.7 Å². The first kappa shape index (κ1) is 23.9. The van der Waals surface area contributed by atoms with E-state index in [0.29, 0.717) is 11.4 Å². The Morgan fingerprint density at radius 2 is 0.917 bits per heavy atom. The van der Waals surface area contributed by atoms with Crippen LogP contribution in [0.3, 0.4) is 0 Å². The molecule has 0 unspecified atom stereocenters. The summed E-state index contributed by atoms with van der Waals surface area (Å²) in [5.41, 5.74) is 5.90. The molecule has 4 aromatic rings. The number of carboxylic acids is 2. The van der Waals surface area contributed by atoms with Crippen molar-refractivity contribution in [2.24, 2.45) is 0 Å². The van der Waals surface area contributed by atoms with Gasteiger partial charge in [-0.15, -0.1) is 0 Å². The summed E-state index contributed by atoms with van der Waals surface area (Å²) < 4.78 is 0. The second-order valence-corrected chi connectivity index (χ2v) is 7.89. The van der Waals surface area contributed by atoms with Gasteiger partial charge < -0.3 is 10.2 Å². The number of carbonyl (C=O) groups is 2. The van der Waals surface area contributed by atoms with Gasteiger partial charge in [-0.25, -0.2) is 0 Å². The van der Waals surface area contributed by atoms with Crippen LogP contribution in [0.2, 0.25) is 0 Å². The van der Waals surface area contributed by atoms with Gasteiger partial charge in [-0.3, -0.25) is 19.6 Å². The quantitative estimate of drug-likeness (QED) is 0.423. The molecule has 0 radical (unpaired) electrons. The molecule has 36 heavy (non-hydrogen) atoms. The molecule has 0 aliphatic rings. The van der Waals surface area contributed by atoms with Crippen LogP contribution in [0.1, 0.15) is 33.4 Å². The predicted octanol–water partition coefficient (Wildman–Crippen LogP) is 4.20. The van der Waals surface area contributed by atoms with Crippen molar-refractivity contribution in [1.82, 2.24) is 9.97 Å². The lowest BCUT2D eigenvalue weighted by atomic mass is 10.1. The highest BCUT2D eigenvalue weighted by Gasteiger charge is 2.04. The van der Waals surface area contributed by atoms with Crippen LogP contribution in [0.4, 0.5) is 0 Å². The van der Waals surface area contributed by atoms with Gasteiger partial charge in [0, 0.05) is 34.6 Å². The van der Waals surface area contributed by atoms with Gasteiger partial charge in [0.05, 0.1) is 24.2 Å². The maximum absolute atomic E-state index is 10.8. The zero-order chi connectivity index (χ0) is 25.3. The van der Waals surface area contributed by atoms with Crippen LogP contribution in [-0.4, -0.2) is 32.1 Å². The van der Waals surface area contributed by atoms with Gasteiger partial charge in [0.2, 0.25) is 0 Å². The Morgan fingerprint density at radius 1 is 0.556 bits per heavy atom. The van der Waals surface area contributed by atoms with Gasteiger partial charge in [-0.1, -0.05) is 47.9 Å². The van der Waals surface area contributed by atoms with Gasteiger partial charge in [0.15, 0.2) is 0 Å². The number of benzene rings is 2. The predicted molar refractivity (Wildman–Crippen MR) is 135 cm³/mol. The maximum atomic E-state index is 10.8. The number of carboxylic acid groups (broad SMARTS) is 2. The summed E-state index contributed by atoms with van der Waals surface area (Å²) in [5.74, 6) is 10.7. The van der Waals surface area contributed by atoms with Crippen LogP contribution < -0.4 is 0 Å². The largest absolute Gasteiger partial charge is 0.481 e. The molecule has 0 saturated carbocycles. The van der Waals surface area contributed by atoms with Crippen LogP contribution in [0.5, 0.6) is 0 Å². The molecule has 0 fully saturated rings. The molecule has 4 rings (SSSR count). The third-order valence-corrected chi connectivity index (χ3v) is 5.10.